The van der Waals surface area contributed by atoms with Gasteiger partial charge in [0.25, 0.3) is 0 Å². The van der Waals surface area contributed by atoms with E-state index in [2.05, 4.69) is 34.5 Å². The minimum atomic E-state index is 0.00292. The average Bonchev–Trinajstić information content (AvgIpc) is 2.89. The van der Waals surface area contributed by atoms with Crippen LogP contribution in [-0.4, -0.2) is 16.0 Å². The van der Waals surface area contributed by atoms with Crippen LogP contribution < -0.4 is 5.32 Å². The third-order valence-corrected chi connectivity index (χ3v) is 3.21. The van der Waals surface area contributed by atoms with Crippen LogP contribution in [0.2, 0.25) is 0 Å². The van der Waals surface area contributed by atoms with Gasteiger partial charge >= 0.3 is 0 Å². The van der Waals surface area contributed by atoms with E-state index in [-0.39, 0.29) is 11.8 Å². The second kappa shape index (κ2) is 6.84. The molecule has 1 amide bonds. The maximum atomic E-state index is 12.0. The van der Waals surface area contributed by atoms with Crippen molar-refractivity contribution in [2.45, 2.75) is 39.2 Å². The van der Waals surface area contributed by atoms with Crippen molar-refractivity contribution in [1.29, 1.82) is 0 Å². The number of hydrogen-bond donors (Lipinski definition) is 1. The average molecular weight is 273 g/mol. The van der Waals surface area contributed by atoms with Crippen LogP contribution in [0, 0.1) is 6.92 Å². The molecule has 0 saturated carbocycles. The zero-order valence-electron chi connectivity index (χ0n) is 11.8. The van der Waals surface area contributed by atoms with Gasteiger partial charge < -0.3 is 9.84 Å². The highest BCUT2D eigenvalue weighted by Crippen LogP contribution is 2.22. The summed E-state index contributed by atoms with van der Waals surface area (Å²) < 4.78 is 4.86. The molecule has 0 saturated heterocycles. The van der Waals surface area contributed by atoms with Crippen LogP contribution in [-0.2, 0) is 11.3 Å². The molecule has 1 aromatic carbocycles. The molecule has 2 rings (SSSR count). The number of aryl methyl sites for hydroxylation is 1. The second-order valence-electron chi connectivity index (χ2n) is 4.73. The molecule has 0 aliphatic carbocycles. The van der Waals surface area contributed by atoms with Crippen molar-refractivity contribution in [2.24, 2.45) is 0 Å². The van der Waals surface area contributed by atoms with E-state index in [9.17, 15) is 4.79 Å². The van der Waals surface area contributed by atoms with E-state index in [1.165, 1.54) is 5.56 Å². The Kier molecular flexibility index (Phi) is 4.87. The molecule has 106 valence electrons. The van der Waals surface area contributed by atoms with Crippen molar-refractivity contribution >= 4 is 5.91 Å². The molecule has 0 aliphatic heterocycles. The summed E-state index contributed by atoms with van der Waals surface area (Å²) in [5.41, 5.74) is 1.19. The number of nitrogens with zero attached hydrogens (tertiary/aromatic N) is 2. The Morgan fingerprint density at radius 2 is 2.10 bits per heavy atom. The van der Waals surface area contributed by atoms with E-state index >= 15 is 0 Å². The molecule has 0 spiro atoms. The summed E-state index contributed by atoms with van der Waals surface area (Å²) in [6.45, 7) is 4.12. The van der Waals surface area contributed by atoms with Gasteiger partial charge in [0.2, 0.25) is 11.8 Å². The largest absolute Gasteiger partial charge is 0.349 e. The first kappa shape index (κ1) is 14.2. The molecular formula is C15H19N3O2. The van der Waals surface area contributed by atoms with Crippen LogP contribution >= 0.6 is 0 Å². The normalized spacial score (nSPS) is 12.1. The van der Waals surface area contributed by atoms with Gasteiger partial charge in [-0.3, -0.25) is 4.79 Å². The molecule has 1 aromatic heterocycles. The van der Waals surface area contributed by atoms with Crippen molar-refractivity contribution in [1.82, 2.24) is 15.5 Å². The molecule has 0 fully saturated rings. The lowest BCUT2D eigenvalue weighted by atomic mass is 9.93. The number of carbonyl (C=O) groups excluding carboxylic acids is 1. The molecule has 5 heteroatoms. The second-order valence-corrected chi connectivity index (χ2v) is 4.73. The molecule has 1 atom stereocenters. The highest BCUT2D eigenvalue weighted by molar-refractivity contribution is 5.76. The van der Waals surface area contributed by atoms with Gasteiger partial charge in [0.05, 0.1) is 6.54 Å². The molecule has 0 bridgehead atoms. The summed E-state index contributed by atoms with van der Waals surface area (Å²) >= 11 is 0. The molecule has 2 aromatic rings. The summed E-state index contributed by atoms with van der Waals surface area (Å²) in [5.74, 6) is 1.25. The van der Waals surface area contributed by atoms with Gasteiger partial charge in [-0.05, 0) is 17.9 Å². The number of benzene rings is 1. The van der Waals surface area contributed by atoms with E-state index in [4.69, 9.17) is 4.52 Å². The summed E-state index contributed by atoms with van der Waals surface area (Å²) in [6.07, 6.45) is 1.40. The zero-order valence-corrected chi connectivity index (χ0v) is 11.8. The number of nitrogens with one attached hydrogen (secondary N) is 1. The molecule has 20 heavy (non-hydrogen) atoms. The smallest absolute Gasteiger partial charge is 0.223 e. The Morgan fingerprint density at radius 1 is 1.35 bits per heavy atom. The van der Waals surface area contributed by atoms with Crippen molar-refractivity contribution in [3.05, 3.63) is 47.6 Å². The van der Waals surface area contributed by atoms with Gasteiger partial charge in [0.15, 0.2) is 5.82 Å². The Hall–Kier alpha value is -2.17. The first-order valence-electron chi connectivity index (χ1n) is 6.80. The maximum Gasteiger partial charge on any atom is 0.223 e. The van der Waals surface area contributed by atoms with Crippen LogP contribution in [0.25, 0.3) is 0 Å². The third kappa shape index (κ3) is 3.91. The zero-order chi connectivity index (χ0) is 14.4. The molecule has 0 aliphatic rings. The number of hydrogen-bond acceptors (Lipinski definition) is 4. The number of rotatable bonds is 6. The highest BCUT2D eigenvalue weighted by atomic mass is 16.5. The fraction of sp³-hybridized carbons (Fsp3) is 0.400. The van der Waals surface area contributed by atoms with Gasteiger partial charge in [-0.25, -0.2) is 0 Å². The van der Waals surface area contributed by atoms with Crippen LogP contribution in [0.4, 0.5) is 0 Å². The van der Waals surface area contributed by atoms with Crippen molar-refractivity contribution in [2.75, 3.05) is 0 Å². The first-order valence-corrected chi connectivity index (χ1v) is 6.80. The van der Waals surface area contributed by atoms with Crippen molar-refractivity contribution in [3.63, 3.8) is 0 Å². The van der Waals surface area contributed by atoms with E-state index in [0.29, 0.717) is 24.7 Å². The summed E-state index contributed by atoms with van der Waals surface area (Å²) in [7, 11) is 0. The Bertz CT molecular complexity index is 551. The molecule has 1 heterocycles. The Morgan fingerprint density at radius 3 is 2.70 bits per heavy atom. The van der Waals surface area contributed by atoms with Gasteiger partial charge in [-0.2, -0.15) is 4.98 Å². The summed E-state index contributed by atoms with van der Waals surface area (Å²) in [6, 6.07) is 10.1. The standard InChI is InChI=1S/C15H19N3O2/c1-3-12(13-7-5-4-6-8-13)9-15(19)16-10-14-17-11(2)20-18-14/h4-8,12H,3,9-10H2,1-2H3,(H,16,19)/t12-/m0/s1. The van der Waals surface area contributed by atoms with Gasteiger partial charge in [0.1, 0.15) is 0 Å². The molecule has 1 N–H and O–H groups in total. The molecule has 0 unspecified atom stereocenters. The first-order chi connectivity index (χ1) is 9.69. The van der Waals surface area contributed by atoms with Crippen molar-refractivity contribution in [3.8, 4) is 0 Å². The summed E-state index contributed by atoms with van der Waals surface area (Å²) in [4.78, 5) is 16.0. The van der Waals surface area contributed by atoms with Gasteiger partial charge in [-0.1, -0.05) is 42.4 Å². The lowest BCUT2D eigenvalue weighted by Crippen LogP contribution is -2.25. The highest BCUT2D eigenvalue weighted by Gasteiger charge is 2.14. The number of carbonyl (C=O) groups is 1. The van der Waals surface area contributed by atoms with E-state index in [0.717, 1.165) is 6.42 Å². The van der Waals surface area contributed by atoms with E-state index < -0.39 is 0 Å². The molecule has 0 radical (unpaired) electrons. The predicted octanol–water partition coefficient (Wildman–Crippen LogP) is 2.58. The van der Waals surface area contributed by atoms with Crippen LogP contribution in [0.3, 0.4) is 0 Å². The monoisotopic (exact) mass is 273 g/mol. The quantitative estimate of drug-likeness (QED) is 0.878. The SMILES string of the molecule is CC[C@@H](CC(=O)NCc1noc(C)n1)c1ccccc1. The fourth-order valence-electron chi connectivity index (χ4n) is 2.11. The lowest BCUT2D eigenvalue weighted by Gasteiger charge is -2.14. The molecular weight excluding hydrogens is 254 g/mol. The fourth-order valence-corrected chi connectivity index (χ4v) is 2.11. The Labute approximate surface area is 118 Å². The van der Waals surface area contributed by atoms with Crippen LogP contribution in [0.5, 0.6) is 0 Å². The third-order valence-electron chi connectivity index (χ3n) is 3.21. The van der Waals surface area contributed by atoms with Crippen LogP contribution in [0.1, 0.15) is 43.0 Å². The minimum absolute atomic E-state index is 0.00292. The van der Waals surface area contributed by atoms with Crippen LogP contribution in [0.15, 0.2) is 34.9 Å². The van der Waals surface area contributed by atoms with Crippen molar-refractivity contribution < 1.29 is 9.32 Å². The number of amides is 1. The lowest BCUT2D eigenvalue weighted by molar-refractivity contribution is -0.121. The van der Waals surface area contributed by atoms with Gasteiger partial charge in [0, 0.05) is 13.3 Å². The van der Waals surface area contributed by atoms with E-state index in [1.54, 1.807) is 6.92 Å². The summed E-state index contributed by atoms with van der Waals surface area (Å²) in [5, 5.41) is 6.57. The van der Waals surface area contributed by atoms with E-state index in [1.807, 2.05) is 18.2 Å². The van der Waals surface area contributed by atoms with Gasteiger partial charge in [-0.15, -0.1) is 0 Å². The maximum absolute atomic E-state index is 12.0. The topological polar surface area (TPSA) is 68.0 Å². The number of aromatic nitrogens is 2. The minimum Gasteiger partial charge on any atom is -0.349 e. The molecule has 5 nitrogen and oxygen atoms in total. The Balaban J connectivity index is 1.86. The predicted molar refractivity (Wildman–Crippen MR) is 75.0 cm³/mol.